The lowest BCUT2D eigenvalue weighted by Crippen LogP contribution is -2.24. The summed E-state index contributed by atoms with van der Waals surface area (Å²) in [4.78, 5) is 24.6. The second kappa shape index (κ2) is 5.23. The van der Waals surface area contributed by atoms with Crippen LogP contribution in [0.25, 0.3) is 0 Å². The molecule has 2 rings (SSSR count). The van der Waals surface area contributed by atoms with Crippen LogP contribution in [-0.2, 0) is 9.59 Å². The maximum Gasteiger partial charge on any atom is 0.228 e. The zero-order chi connectivity index (χ0) is 13.1. The third-order valence-electron chi connectivity index (χ3n) is 2.73. The van der Waals surface area contributed by atoms with Gasteiger partial charge < -0.3 is 4.90 Å². The molecule has 92 valence electrons. The third kappa shape index (κ3) is 2.71. The van der Waals surface area contributed by atoms with Crippen LogP contribution in [0, 0.1) is 11.3 Å². The van der Waals surface area contributed by atoms with Gasteiger partial charge in [-0.2, -0.15) is 5.26 Å². The van der Waals surface area contributed by atoms with Crippen molar-refractivity contribution in [3.8, 4) is 6.07 Å². The van der Waals surface area contributed by atoms with Crippen molar-refractivity contribution < 1.29 is 9.59 Å². The van der Waals surface area contributed by atoms with Crippen LogP contribution < -0.4 is 4.90 Å². The lowest BCUT2D eigenvalue weighted by molar-refractivity contribution is -0.117. The van der Waals surface area contributed by atoms with E-state index in [0.29, 0.717) is 18.5 Å². The first-order valence-electron chi connectivity index (χ1n) is 5.58. The fraction of sp³-hybridized carbons (Fsp3) is 0.308. The van der Waals surface area contributed by atoms with E-state index in [-0.39, 0.29) is 16.3 Å². The summed E-state index contributed by atoms with van der Waals surface area (Å²) in [5, 5.41) is 8.79. The second-order valence-electron chi connectivity index (χ2n) is 4.10. The van der Waals surface area contributed by atoms with Crippen molar-refractivity contribution in [2.45, 2.75) is 18.6 Å². The summed E-state index contributed by atoms with van der Waals surface area (Å²) in [7, 11) is 0. The van der Waals surface area contributed by atoms with Crippen molar-refractivity contribution in [3.05, 3.63) is 29.8 Å². The van der Waals surface area contributed by atoms with Gasteiger partial charge in [0.1, 0.15) is 0 Å². The molecule has 0 saturated carbocycles. The minimum atomic E-state index is 0.0263. The average Bonchev–Trinajstić information content (AvgIpc) is 2.69. The monoisotopic (exact) mass is 260 g/mol. The van der Waals surface area contributed by atoms with E-state index in [9.17, 15) is 9.59 Å². The molecule has 0 aromatic heterocycles. The van der Waals surface area contributed by atoms with Gasteiger partial charge in [-0.05, 0) is 24.3 Å². The van der Waals surface area contributed by atoms with E-state index in [1.54, 1.807) is 29.2 Å². The van der Waals surface area contributed by atoms with Gasteiger partial charge in [0.2, 0.25) is 5.91 Å². The predicted octanol–water partition coefficient (Wildman–Crippen LogP) is 1.94. The van der Waals surface area contributed by atoms with E-state index in [1.807, 2.05) is 6.07 Å². The van der Waals surface area contributed by atoms with Crippen molar-refractivity contribution in [2.75, 3.05) is 11.4 Å². The first-order chi connectivity index (χ1) is 8.60. The normalized spacial score (nSPS) is 18.8. The molecule has 0 radical (unpaired) electrons. The Labute approximate surface area is 110 Å². The Morgan fingerprint density at radius 3 is 2.67 bits per heavy atom. The SMILES string of the molecule is CC(=O)SC1CC(=O)N(c2ccc(C#N)cc2)C1. The van der Waals surface area contributed by atoms with E-state index in [4.69, 9.17) is 5.26 Å². The Balaban J connectivity index is 2.11. The number of amides is 1. The first-order valence-corrected chi connectivity index (χ1v) is 6.46. The molecule has 0 bridgehead atoms. The summed E-state index contributed by atoms with van der Waals surface area (Å²) in [6.45, 7) is 2.06. The summed E-state index contributed by atoms with van der Waals surface area (Å²) in [5.41, 5.74) is 1.35. The highest BCUT2D eigenvalue weighted by molar-refractivity contribution is 8.14. The number of benzene rings is 1. The van der Waals surface area contributed by atoms with Crippen LogP contribution >= 0.6 is 11.8 Å². The molecule has 0 N–H and O–H groups in total. The molecule has 1 fully saturated rings. The highest BCUT2D eigenvalue weighted by Gasteiger charge is 2.31. The van der Waals surface area contributed by atoms with Crippen LogP contribution in [0.4, 0.5) is 5.69 Å². The number of nitrogens with zero attached hydrogens (tertiary/aromatic N) is 2. The van der Waals surface area contributed by atoms with Crippen LogP contribution in [-0.4, -0.2) is 22.8 Å². The third-order valence-corrected chi connectivity index (χ3v) is 3.71. The minimum absolute atomic E-state index is 0.0263. The zero-order valence-electron chi connectivity index (χ0n) is 9.92. The fourth-order valence-corrected chi connectivity index (χ4v) is 2.87. The Morgan fingerprint density at radius 2 is 2.11 bits per heavy atom. The molecule has 1 aliphatic heterocycles. The minimum Gasteiger partial charge on any atom is -0.311 e. The van der Waals surface area contributed by atoms with E-state index in [1.165, 1.54) is 18.7 Å². The Kier molecular flexibility index (Phi) is 3.68. The van der Waals surface area contributed by atoms with Crippen molar-refractivity contribution in [1.29, 1.82) is 5.26 Å². The Hall–Kier alpha value is -1.80. The van der Waals surface area contributed by atoms with Crippen LogP contribution in [0.3, 0.4) is 0 Å². The molecule has 0 spiro atoms. The fourth-order valence-electron chi connectivity index (χ4n) is 1.95. The van der Waals surface area contributed by atoms with E-state index in [0.717, 1.165) is 5.69 Å². The average molecular weight is 260 g/mol. The van der Waals surface area contributed by atoms with E-state index in [2.05, 4.69) is 0 Å². The van der Waals surface area contributed by atoms with E-state index < -0.39 is 0 Å². The summed E-state index contributed by atoms with van der Waals surface area (Å²) in [6, 6.07) is 8.94. The number of carbonyl (C=O) groups is 2. The van der Waals surface area contributed by atoms with Gasteiger partial charge in [-0.3, -0.25) is 9.59 Å². The Bertz CT molecular complexity index is 519. The van der Waals surface area contributed by atoms with Gasteiger partial charge in [-0.15, -0.1) is 0 Å². The lowest BCUT2D eigenvalue weighted by Gasteiger charge is -2.16. The highest BCUT2D eigenvalue weighted by Crippen LogP contribution is 2.28. The molecule has 5 heteroatoms. The molecule has 1 saturated heterocycles. The van der Waals surface area contributed by atoms with Gasteiger partial charge in [0.15, 0.2) is 5.12 Å². The first kappa shape index (κ1) is 12.7. The molecule has 1 atom stereocenters. The molecule has 1 amide bonds. The standard InChI is InChI=1S/C13H12N2O2S/c1-9(16)18-12-6-13(17)15(8-12)11-4-2-10(7-14)3-5-11/h2-5,12H,6,8H2,1H3. The topological polar surface area (TPSA) is 61.2 Å². The van der Waals surface area contributed by atoms with Gasteiger partial charge in [0.25, 0.3) is 0 Å². The summed E-state index contributed by atoms with van der Waals surface area (Å²) in [5.74, 6) is 0.0263. The van der Waals surface area contributed by atoms with Crippen LogP contribution in [0.1, 0.15) is 18.9 Å². The zero-order valence-corrected chi connectivity index (χ0v) is 10.7. The molecular formula is C13H12N2O2S. The number of nitriles is 1. The molecule has 18 heavy (non-hydrogen) atoms. The molecule has 1 unspecified atom stereocenters. The van der Waals surface area contributed by atoms with Crippen LogP contribution in [0.15, 0.2) is 24.3 Å². The second-order valence-corrected chi connectivity index (χ2v) is 5.58. The quantitative estimate of drug-likeness (QED) is 0.815. The summed E-state index contributed by atoms with van der Waals surface area (Å²) in [6.07, 6.45) is 0.393. The van der Waals surface area contributed by atoms with Gasteiger partial charge in [-0.25, -0.2) is 0 Å². The molecule has 1 aromatic carbocycles. The van der Waals surface area contributed by atoms with Crippen molar-refractivity contribution in [2.24, 2.45) is 0 Å². The number of anilines is 1. The van der Waals surface area contributed by atoms with E-state index >= 15 is 0 Å². The smallest absolute Gasteiger partial charge is 0.228 e. The largest absolute Gasteiger partial charge is 0.311 e. The number of hydrogen-bond donors (Lipinski definition) is 0. The van der Waals surface area contributed by atoms with Crippen LogP contribution in [0.2, 0.25) is 0 Å². The maximum absolute atomic E-state index is 11.9. The van der Waals surface area contributed by atoms with Crippen molar-refractivity contribution in [1.82, 2.24) is 0 Å². The van der Waals surface area contributed by atoms with Crippen LogP contribution in [0.5, 0.6) is 0 Å². The maximum atomic E-state index is 11.9. The molecule has 1 heterocycles. The number of hydrogen-bond acceptors (Lipinski definition) is 4. The highest BCUT2D eigenvalue weighted by atomic mass is 32.2. The number of carbonyl (C=O) groups excluding carboxylic acids is 2. The summed E-state index contributed by atoms with van der Waals surface area (Å²) >= 11 is 1.22. The van der Waals surface area contributed by atoms with Gasteiger partial charge in [0.05, 0.1) is 11.6 Å². The molecule has 0 aliphatic carbocycles. The predicted molar refractivity (Wildman–Crippen MR) is 70.2 cm³/mol. The molecule has 4 nitrogen and oxygen atoms in total. The van der Waals surface area contributed by atoms with Crippen molar-refractivity contribution >= 4 is 28.5 Å². The number of rotatable bonds is 2. The lowest BCUT2D eigenvalue weighted by atomic mass is 10.2. The van der Waals surface area contributed by atoms with Gasteiger partial charge in [0, 0.05) is 30.8 Å². The molecule has 1 aromatic rings. The molecule has 1 aliphatic rings. The van der Waals surface area contributed by atoms with Crippen molar-refractivity contribution in [3.63, 3.8) is 0 Å². The molecular weight excluding hydrogens is 248 g/mol. The van der Waals surface area contributed by atoms with Gasteiger partial charge >= 0.3 is 0 Å². The number of thioether (sulfide) groups is 1. The summed E-state index contributed by atoms with van der Waals surface area (Å²) < 4.78 is 0. The Morgan fingerprint density at radius 1 is 1.44 bits per heavy atom. The van der Waals surface area contributed by atoms with Gasteiger partial charge in [-0.1, -0.05) is 11.8 Å².